The number of aliphatic hydroxyl groups is 1. The Hall–Kier alpha value is -1.06. The first-order valence-electron chi connectivity index (χ1n) is 6.81. The Kier molecular flexibility index (Phi) is 5.02. The first kappa shape index (κ1) is 13.4. The lowest BCUT2D eigenvalue weighted by atomic mass is 10.1. The Labute approximate surface area is 109 Å². The van der Waals surface area contributed by atoms with E-state index in [2.05, 4.69) is 17.0 Å². The molecule has 0 radical (unpaired) electrons. The Morgan fingerprint density at radius 3 is 2.44 bits per heavy atom. The fraction of sp³-hybridized carbons (Fsp3) is 0.600. The van der Waals surface area contributed by atoms with E-state index >= 15 is 0 Å². The van der Waals surface area contributed by atoms with E-state index in [-0.39, 0.29) is 6.61 Å². The standard InChI is InChI=1S/C15H23NO2/c1-18-15-8-6-13(7-9-15)12-16(10-11-17)14-4-2-3-5-14/h6-9,14,17H,2-5,10-12H2,1H3. The van der Waals surface area contributed by atoms with Gasteiger partial charge in [0, 0.05) is 19.1 Å². The maximum absolute atomic E-state index is 9.20. The average Bonchev–Trinajstić information content (AvgIpc) is 2.93. The van der Waals surface area contributed by atoms with E-state index in [0.717, 1.165) is 18.8 Å². The van der Waals surface area contributed by atoms with Crippen molar-refractivity contribution >= 4 is 0 Å². The van der Waals surface area contributed by atoms with Crippen molar-refractivity contribution in [3.05, 3.63) is 29.8 Å². The molecule has 100 valence electrons. The third kappa shape index (κ3) is 3.47. The Bertz CT molecular complexity index is 344. The Morgan fingerprint density at radius 1 is 1.22 bits per heavy atom. The maximum atomic E-state index is 9.20. The zero-order valence-electron chi connectivity index (χ0n) is 11.1. The van der Waals surface area contributed by atoms with Gasteiger partial charge in [-0.05, 0) is 30.5 Å². The predicted molar refractivity (Wildman–Crippen MR) is 72.7 cm³/mol. The van der Waals surface area contributed by atoms with Gasteiger partial charge in [-0.2, -0.15) is 0 Å². The monoisotopic (exact) mass is 249 g/mol. The van der Waals surface area contributed by atoms with Crippen molar-refractivity contribution in [2.45, 2.75) is 38.3 Å². The third-order valence-electron chi connectivity index (χ3n) is 3.77. The SMILES string of the molecule is COc1ccc(CN(CCO)C2CCCC2)cc1. The van der Waals surface area contributed by atoms with Gasteiger partial charge in [-0.3, -0.25) is 4.90 Å². The van der Waals surface area contributed by atoms with Crippen LogP contribution in [0.4, 0.5) is 0 Å². The minimum Gasteiger partial charge on any atom is -0.497 e. The van der Waals surface area contributed by atoms with Crippen molar-refractivity contribution in [2.75, 3.05) is 20.3 Å². The van der Waals surface area contributed by atoms with Crippen LogP contribution in [-0.4, -0.2) is 36.3 Å². The van der Waals surface area contributed by atoms with Gasteiger partial charge in [-0.15, -0.1) is 0 Å². The Balaban J connectivity index is 1.98. The van der Waals surface area contributed by atoms with Crippen LogP contribution >= 0.6 is 0 Å². The van der Waals surface area contributed by atoms with Gasteiger partial charge in [0.25, 0.3) is 0 Å². The van der Waals surface area contributed by atoms with Gasteiger partial charge in [0.05, 0.1) is 13.7 Å². The van der Waals surface area contributed by atoms with E-state index in [9.17, 15) is 5.11 Å². The van der Waals surface area contributed by atoms with Gasteiger partial charge >= 0.3 is 0 Å². The van der Waals surface area contributed by atoms with E-state index in [4.69, 9.17) is 4.74 Å². The molecule has 1 aliphatic carbocycles. The largest absolute Gasteiger partial charge is 0.497 e. The highest BCUT2D eigenvalue weighted by atomic mass is 16.5. The molecule has 1 fully saturated rings. The highest BCUT2D eigenvalue weighted by molar-refractivity contribution is 5.27. The topological polar surface area (TPSA) is 32.7 Å². The molecule has 3 heteroatoms. The van der Waals surface area contributed by atoms with Crippen molar-refractivity contribution in [2.24, 2.45) is 0 Å². The molecule has 2 rings (SSSR count). The minimum atomic E-state index is 0.243. The Morgan fingerprint density at radius 2 is 1.89 bits per heavy atom. The summed E-state index contributed by atoms with van der Waals surface area (Å²) in [6, 6.07) is 8.87. The zero-order valence-corrected chi connectivity index (χ0v) is 11.1. The maximum Gasteiger partial charge on any atom is 0.118 e. The van der Waals surface area contributed by atoms with Crippen LogP contribution in [0.1, 0.15) is 31.2 Å². The summed E-state index contributed by atoms with van der Waals surface area (Å²) in [7, 11) is 1.69. The molecule has 0 bridgehead atoms. The highest BCUT2D eigenvalue weighted by Gasteiger charge is 2.22. The number of ether oxygens (including phenoxy) is 1. The summed E-state index contributed by atoms with van der Waals surface area (Å²) < 4.78 is 5.17. The molecular weight excluding hydrogens is 226 g/mol. The number of hydrogen-bond acceptors (Lipinski definition) is 3. The van der Waals surface area contributed by atoms with E-state index in [1.807, 2.05) is 12.1 Å². The normalized spacial score (nSPS) is 16.4. The van der Waals surface area contributed by atoms with Crippen LogP contribution in [0.3, 0.4) is 0 Å². The van der Waals surface area contributed by atoms with Crippen LogP contribution < -0.4 is 4.74 Å². The van der Waals surface area contributed by atoms with Gasteiger partial charge < -0.3 is 9.84 Å². The second-order valence-corrected chi connectivity index (χ2v) is 4.98. The average molecular weight is 249 g/mol. The lowest BCUT2D eigenvalue weighted by Crippen LogP contribution is -2.35. The molecule has 1 aliphatic rings. The summed E-state index contributed by atoms with van der Waals surface area (Å²) in [6.45, 7) is 1.94. The van der Waals surface area contributed by atoms with Crippen LogP contribution in [0, 0.1) is 0 Å². The number of nitrogens with zero attached hydrogens (tertiary/aromatic N) is 1. The number of benzene rings is 1. The minimum absolute atomic E-state index is 0.243. The fourth-order valence-corrected chi connectivity index (χ4v) is 2.75. The van der Waals surface area contributed by atoms with Gasteiger partial charge in [0.1, 0.15) is 5.75 Å². The number of methoxy groups -OCH3 is 1. The van der Waals surface area contributed by atoms with Gasteiger partial charge in [0.15, 0.2) is 0 Å². The molecule has 0 heterocycles. The fourth-order valence-electron chi connectivity index (χ4n) is 2.75. The quantitative estimate of drug-likeness (QED) is 0.840. The van der Waals surface area contributed by atoms with Crippen molar-refractivity contribution in [3.63, 3.8) is 0 Å². The van der Waals surface area contributed by atoms with Crippen LogP contribution in [-0.2, 0) is 6.54 Å². The van der Waals surface area contributed by atoms with E-state index in [0.29, 0.717) is 6.04 Å². The zero-order chi connectivity index (χ0) is 12.8. The van der Waals surface area contributed by atoms with Crippen LogP contribution in [0.25, 0.3) is 0 Å². The summed E-state index contributed by atoms with van der Waals surface area (Å²) >= 11 is 0. The van der Waals surface area contributed by atoms with Gasteiger partial charge in [0.2, 0.25) is 0 Å². The molecular formula is C15H23NO2. The molecule has 3 nitrogen and oxygen atoms in total. The molecule has 0 spiro atoms. The molecule has 1 saturated carbocycles. The van der Waals surface area contributed by atoms with Crippen molar-refractivity contribution in [3.8, 4) is 5.75 Å². The van der Waals surface area contributed by atoms with Crippen molar-refractivity contribution in [1.29, 1.82) is 0 Å². The molecule has 0 unspecified atom stereocenters. The lowest BCUT2D eigenvalue weighted by molar-refractivity contribution is 0.145. The smallest absolute Gasteiger partial charge is 0.118 e. The predicted octanol–water partition coefficient (Wildman–Crippen LogP) is 2.43. The van der Waals surface area contributed by atoms with E-state index < -0.39 is 0 Å². The van der Waals surface area contributed by atoms with Crippen LogP contribution in [0.15, 0.2) is 24.3 Å². The molecule has 1 aromatic rings. The summed E-state index contributed by atoms with van der Waals surface area (Å²) in [5.74, 6) is 0.897. The summed E-state index contributed by atoms with van der Waals surface area (Å²) in [5, 5.41) is 9.20. The molecule has 1 aromatic carbocycles. The summed E-state index contributed by atoms with van der Waals surface area (Å²) in [5.41, 5.74) is 1.29. The first-order valence-corrected chi connectivity index (χ1v) is 6.81. The van der Waals surface area contributed by atoms with E-state index in [1.54, 1.807) is 7.11 Å². The molecule has 0 atom stereocenters. The lowest BCUT2D eigenvalue weighted by Gasteiger charge is -2.28. The molecule has 0 aliphatic heterocycles. The number of rotatable bonds is 6. The summed E-state index contributed by atoms with van der Waals surface area (Å²) in [6.07, 6.45) is 5.21. The highest BCUT2D eigenvalue weighted by Crippen LogP contribution is 2.25. The van der Waals surface area contributed by atoms with Crippen LogP contribution in [0.5, 0.6) is 5.75 Å². The van der Waals surface area contributed by atoms with Crippen molar-refractivity contribution < 1.29 is 9.84 Å². The number of hydrogen-bond donors (Lipinski definition) is 1. The number of aliphatic hydroxyl groups excluding tert-OH is 1. The molecule has 18 heavy (non-hydrogen) atoms. The first-order chi connectivity index (χ1) is 8.83. The summed E-state index contributed by atoms with van der Waals surface area (Å²) in [4.78, 5) is 2.41. The molecule has 0 saturated heterocycles. The van der Waals surface area contributed by atoms with Crippen molar-refractivity contribution in [1.82, 2.24) is 4.90 Å². The molecule has 1 N–H and O–H groups in total. The van der Waals surface area contributed by atoms with Gasteiger partial charge in [-0.1, -0.05) is 25.0 Å². The molecule has 0 aromatic heterocycles. The third-order valence-corrected chi connectivity index (χ3v) is 3.77. The second-order valence-electron chi connectivity index (χ2n) is 4.98. The van der Waals surface area contributed by atoms with Gasteiger partial charge in [-0.25, -0.2) is 0 Å². The van der Waals surface area contributed by atoms with E-state index in [1.165, 1.54) is 31.2 Å². The second kappa shape index (κ2) is 6.76. The molecule has 0 amide bonds. The van der Waals surface area contributed by atoms with Crippen LogP contribution in [0.2, 0.25) is 0 Å².